The second-order valence-corrected chi connectivity index (χ2v) is 4.79. The van der Waals surface area contributed by atoms with Crippen molar-refractivity contribution in [2.75, 3.05) is 7.11 Å². The number of methoxy groups -OCH3 is 1. The molecule has 0 amide bonds. The molecule has 21 heavy (non-hydrogen) atoms. The zero-order chi connectivity index (χ0) is 15.0. The minimum Gasteiger partial charge on any atom is -0.497 e. The Morgan fingerprint density at radius 2 is 1.90 bits per heavy atom. The summed E-state index contributed by atoms with van der Waals surface area (Å²) in [6.07, 6.45) is 0. The fourth-order valence-electron chi connectivity index (χ4n) is 2.04. The molecule has 0 radical (unpaired) electrons. The molecule has 1 aromatic heterocycles. The smallest absolute Gasteiger partial charge is 0.427 e. The number of carbonyl (C=O) groups excluding carboxylic acids is 1. The fraction of sp³-hybridized carbons (Fsp3) is 0.0667. The molecule has 0 aliphatic heterocycles. The summed E-state index contributed by atoms with van der Waals surface area (Å²) in [5.41, 5.74) is 1.00. The van der Waals surface area contributed by atoms with Crippen molar-refractivity contribution >= 4 is 28.6 Å². The first kappa shape index (κ1) is 13.5. The van der Waals surface area contributed by atoms with E-state index >= 15 is 0 Å². The van der Waals surface area contributed by atoms with Crippen molar-refractivity contribution in [2.45, 2.75) is 0 Å². The predicted molar refractivity (Wildman–Crippen MR) is 78.2 cm³/mol. The monoisotopic (exact) mass is 303 g/mol. The summed E-state index contributed by atoms with van der Waals surface area (Å²) in [5.74, 6) is -0.601. The van der Waals surface area contributed by atoms with E-state index in [0.717, 1.165) is 4.57 Å². The van der Waals surface area contributed by atoms with Crippen LogP contribution in [0.15, 0.2) is 51.7 Å². The summed E-state index contributed by atoms with van der Waals surface area (Å²) in [4.78, 5) is 24.4. The van der Waals surface area contributed by atoms with Crippen molar-refractivity contribution < 1.29 is 13.9 Å². The van der Waals surface area contributed by atoms with E-state index < -0.39 is 11.7 Å². The van der Waals surface area contributed by atoms with Crippen LogP contribution in [-0.4, -0.2) is 17.6 Å². The predicted octanol–water partition coefficient (Wildman–Crippen LogP) is 2.95. The number of nitrogens with zero attached hydrogens (tertiary/aromatic N) is 1. The van der Waals surface area contributed by atoms with Crippen molar-refractivity contribution in [1.82, 2.24) is 4.57 Å². The number of halogens is 1. The molecule has 0 saturated heterocycles. The van der Waals surface area contributed by atoms with E-state index in [1.54, 1.807) is 36.4 Å². The molecular formula is C15H10ClNO4. The fourth-order valence-corrected chi connectivity index (χ4v) is 2.21. The molecule has 0 spiro atoms. The van der Waals surface area contributed by atoms with Crippen molar-refractivity contribution in [3.05, 3.63) is 63.6 Å². The summed E-state index contributed by atoms with van der Waals surface area (Å²) >= 11 is 5.91. The minimum absolute atomic E-state index is 0.311. The zero-order valence-corrected chi connectivity index (χ0v) is 11.8. The Balaban J connectivity index is 2.14. The first-order valence-electron chi connectivity index (χ1n) is 6.10. The maximum absolute atomic E-state index is 12.5. The normalized spacial score (nSPS) is 10.8. The Labute approximate surface area is 124 Å². The number of aromatic nitrogens is 1. The van der Waals surface area contributed by atoms with Gasteiger partial charge in [0.05, 0.1) is 12.6 Å². The van der Waals surface area contributed by atoms with Gasteiger partial charge in [0.1, 0.15) is 5.75 Å². The van der Waals surface area contributed by atoms with Gasteiger partial charge in [-0.1, -0.05) is 11.6 Å². The lowest BCUT2D eigenvalue weighted by molar-refractivity contribution is 0.0956. The number of carbonyl (C=O) groups is 1. The summed E-state index contributed by atoms with van der Waals surface area (Å²) in [5, 5.41) is 0.416. The van der Waals surface area contributed by atoms with E-state index in [2.05, 4.69) is 0 Å². The van der Waals surface area contributed by atoms with Gasteiger partial charge >= 0.3 is 5.76 Å². The molecule has 0 bridgehead atoms. The highest BCUT2D eigenvalue weighted by molar-refractivity contribution is 6.31. The van der Waals surface area contributed by atoms with E-state index in [4.69, 9.17) is 20.8 Å². The highest BCUT2D eigenvalue weighted by atomic mass is 35.5. The second kappa shape index (κ2) is 5.10. The van der Waals surface area contributed by atoms with Crippen LogP contribution in [0.5, 0.6) is 5.75 Å². The van der Waals surface area contributed by atoms with Crippen LogP contribution in [-0.2, 0) is 0 Å². The molecule has 6 heteroatoms. The van der Waals surface area contributed by atoms with E-state index in [9.17, 15) is 9.59 Å². The maximum Gasteiger partial charge on any atom is 0.427 e. The summed E-state index contributed by atoms with van der Waals surface area (Å²) in [7, 11) is 1.53. The summed E-state index contributed by atoms with van der Waals surface area (Å²) < 4.78 is 11.0. The van der Waals surface area contributed by atoms with Crippen molar-refractivity contribution in [2.24, 2.45) is 0 Å². The average molecular weight is 304 g/mol. The van der Waals surface area contributed by atoms with Gasteiger partial charge in [-0.3, -0.25) is 4.79 Å². The molecule has 5 nitrogen and oxygen atoms in total. The molecule has 3 aromatic rings. The van der Waals surface area contributed by atoms with Gasteiger partial charge in [0.25, 0.3) is 5.91 Å². The van der Waals surface area contributed by atoms with Crippen LogP contribution in [0.4, 0.5) is 0 Å². The number of rotatable bonds is 2. The largest absolute Gasteiger partial charge is 0.497 e. The highest BCUT2D eigenvalue weighted by Gasteiger charge is 2.18. The number of ether oxygens (including phenoxy) is 1. The first-order chi connectivity index (χ1) is 10.1. The topological polar surface area (TPSA) is 61.4 Å². The van der Waals surface area contributed by atoms with Crippen molar-refractivity contribution in [1.29, 1.82) is 0 Å². The molecule has 0 unspecified atom stereocenters. The van der Waals surface area contributed by atoms with Gasteiger partial charge in [0.15, 0.2) is 5.58 Å². The Hall–Kier alpha value is -2.53. The zero-order valence-electron chi connectivity index (χ0n) is 11.0. The quantitative estimate of drug-likeness (QED) is 0.730. The Morgan fingerprint density at radius 1 is 1.19 bits per heavy atom. The molecule has 0 fully saturated rings. The molecule has 0 aliphatic carbocycles. The number of hydrogen-bond acceptors (Lipinski definition) is 4. The lowest BCUT2D eigenvalue weighted by Crippen LogP contribution is -2.23. The Bertz CT molecular complexity index is 877. The minimum atomic E-state index is -0.743. The molecule has 0 saturated carbocycles. The van der Waals surface area contributed by atoms with Gasteiger partial charge in [-0.2, -0.15) is 0 Å². The average Bonchev–Trinajstić information content (AvgIpc) is 2.82. The van der Waals surface area contributed by atoms with Crippen LogP contribution in [0.1, 0.15) is 10.4 Å². The molecule has 0 N–H and O–H groups in total. The molecule has 106 valence electrons. The van der Waals surface area contributed by atoms with Crippen LogP contribution in [0.3, 0.4) is 0 Å². The Kier molecular flexibility index (Phi) is 3.27. The SMILES string of the molecule is COc1ccc(C(=O)n2c(=O)oc3ccc(Cl)cc32)cc1. The summed E-state index contributed by atoms with van der Waals surface area (Å²) in [6, 6.07) is 11.1. The molecule has 2 aromatic carbocycles. The van der Waals surface area contributed by atoms with Gasteiger partial charge in [-0.25, -0.2) is 9.36 Å². The van der Waals surface area contributed by atoms with Crippen LogP contribution in [0, 0.1) is 0 Å². The van der Waals surface area contributed by atoms with Crippen molar-refractivity contribution in [3.8, 4) is 5.75 Å². The molecule has 1 heterocycles. The van der Waals surface area contributed by atoms with Crippen molar-refractivity contribution in [3.63, 3.8) is 0 Å². The van der Waals surface area contributed by atoms with Crippen LogP contribution >= 0.6 is 11.6 Å². The number of benzene rings is 2. The van der Waals surface area contributed by atoms with Gasteiger partial charge in [0, 0.05) is 10.6 Å². The molecule has 3 rings (SSSR count). The molecule has 0 atom stereocenters. The number of oxazole rings is 1. The number of hydrogen-bond donors (Lipinski definition) is 0. The van der Waals surface area contributed by atoms with Crippen LogP contribution < -0.4 is 10.5 Å². The third-order valence-corrected chi connectivity index (χ3v) is 3.32. The van der Waals surface area contributed by atoms with E-state index in [-0.39, 0.29) is 0 Å². The van der Waals surface area contributed by atoms with E-state index in [1.807, 2.05) is 0 Å². The maximum atomic E-state index is 12.5. The lowest BCUT2D eigenvalue weighted by atomic mass is 10.2. The first-order valence-corrected chi connectivity index (χ1v) is 6.48. The van der Waals surface area contributed by atoms with Gasteiger partial charge < -0.3 is 9.15 Å². The third kappa shape index (κ3) is 2.32. The third-order valence-electron chi connectivity index (χ3n) is 3.08. The van der Waals surface area contributed by atoms with E-state index in [0.29, 0.717) is 27.4 Å². The molecular weight excluding hydrogens is 294 g/mol. The summed E-state index contributed by atoms with van der Waals surface area (Å²) in [6.45, 7) is 0. The molecule has 0 aliphatic rings. The van der Waals surface area contributed by atoms with Gasteiger partial charge in [-0.05, 0) is 42.5 Å². The van der Waals surface area contributed by atoms with Crippen LogP contribution in [0.25, 0.3) is 11.1 Å². The Morgan fingerprint density at radius 3 is 2.57 bits per heavy atom. The van der Waals surface area contributed by atoms with Gasteiger partial charge in [0.2, 0.25) is 0 Å². The second-order valence-electron chi connectivity index (χ2n) is 4.35. The van der Waals surface area contributed by atoms with Gasteiger partial charge in [-0.15, -0.1) is 0 Å². The lowest BCUT2D eigenvalue weighted by Gasteiger charge is -2.03. The van der Waals surface area contributed by atoms with E-state index in [1.165, 1.54) is 13.2 Å². The number of fused-ring (bicyclic) bond motifs is 1. The van der Waals surface area contributed by atoms with Crippen LogP contribution in [0.2, 0.25) is 5.02 Å². The highest BCUT2D eigenvalue weighted by Crippen LogP contribution is 2.20. The standard InChI is InChI=1S/C15H10ClNO4/c1-20-11-5-2-9(3-6-11)14(18)17-12-8-10(16)4-7-13(12)21-15(17)19/h2-8H,1H3.